The summed E-state index contributed by atoms with van der Waals surface area (Å²) < 4.78 is 0. The van der Waals surface area contributed by atoms with Crippen LogP contribution in [0.1, 0.15) is 42.5 Å². The van der Waals surface area contributed by atoms with Gasteiger partial charge in [0, 0.05) is 37.8 Å². The number of piperidine rings is 1. The molecular weight excluding hydrogens is 368 g/mol. The van der Waals surface area contributed by atoms with Crippen LogP contribution < -0.4 is 15.1 Å². The van der Waals surface area contributed by atoms with Gasteiger partial charge in [0.25, 0.3) is 11.6 Å². The van der Waals surface area contributed by atoms with Crippen molar-refractivity contribution >= 4 is 28.7 Å². The van der Waals surface area contributed by atoms with E-state index in [1.54, 1.807) is 12.1 Å². The van der Waals surface area contributed by atoms with E-state index >= 15 is 0 Å². The van der Waals surface area contributed by atoms with Crippen LogP contribution in [-0.2, 0) is 0 Å². The summed E-state index contributed by atoms with van der Waals surface area (Å²) in [5.74, 6) is -0.329. The lowest BCUT2D eigenvalue weighted by atomic mass is 10.1. The molecule has 0 aromatic heterocycles. The summed E-state index contributed by atoms with van der Waals surface area (Å²) in [5, 5.41) is 14.6. The molecule has 2 saturated heterocycles. The van der Waals surface area contributed by atoms with E-state index in [-0.39, 0.29) is 16.5 Å². The van der Waals surface area contributed by atoms with Crippen molar-refractivity contribution in [3.8, 4) is 0 Å². The molecule has 1 N–H and O–H groups in total. The van der Waals surface area contributed by atoms with E-state index in [1.165, 1.54) is 6.07 Å². The highest BCUT2D eigenvalue weighted by Crippen LogP contribution is 2.33. The first-order valence-electron chi connectivity index (χ1n) is 10.3. The molecule has 2 aliphatic heterocycles. The highest BCUT2D eigenvalue weighted by atomic mass is 16.6. The summed E-state index contributed by atoms with van der Waals surface area (Å²) in [4.78, 5) is 28.5. The second kappa shape index (κ2) is 8.51. The van der Waals surface area contributed by atoms with Crippen molar-refractivity contribution in [1.29, 1.82) is 0 Å². The number of nitro groups is 1. The molecular formula is C22H26N4O3. The van der Waals surface area contributed by atoms with Gasteiger partial charge in [0.1, 0.15) is 5.69 Å². The quantitative estimate of drug-likeness (QED) is 0.599. The van der Waals surface area contributed by atoms with Crippen molar-refractivity contribution in [1.82, 2.24) is 0 Å². The molecule has 2 aromatic rings. The van der Waals surface area contributed by atoms with E-state index in [9.17, 15) is 14.9 Å². The lowest BCUT2D eigenvalue weighted by Gasteiger charge is -2.28. The molecule has 7 nitrogen and oxygen atoms in total. The summed E-state index contributed by atoms with van der Waals surface area (Å²) in [6, 6.07) is 12.5. The minimum atomic E-state index is -0.390. The van der Waals surface area contributed by atoms with Crippen LogP contribution in [0, 0.1) is 10.1 Å². The van der Waals surface area contributed by atoms with E-state index in [0.717, 1.165) is 69.7 Å². The third kappa shape index (κ3) is 4.18. The minimum Gasteiger partial charge on any atom is -0.370 e. The van der Waals surface area contributed by atoms with Crippen LogP contribution in [0.5, 0.6) is 0 Å². The van der Waals surface area contributed by atoms with Gasteiger partial charge in [-0.15, -0.1) is 0 Å². The molecule has 0 radical (unpaired) electrons. The number of nitro benzene ring substituents is 1. The van der Waals surface area contributed by atoms with Gasteiger partial charge in [0.05, 0.1) is 16.3 Å². The Morgan fingerprint density at radius 1 is 0.862 bits per heavy atom. The molecule has 2 heterocycles. The van der Waals surface area contributed by atoms with Crippen molar-refractivity contribution in [2.24, 2.45) is 0 Å². The Kier molecular flexibility index (Phi) is 5.64. The highest BCUT2D eigenvalue weighted by molar-refractivity contribution is 6.06. The first-order valence-corrected chi connectivity index (χ1v) is 10.3. The first-order chi connectivity index (χ1) is 14.1. The topological polar surface area (TPSA) is 78.7 Å². The van der Waals surface area contributed by atoms with Gasteiger partial charge in [-0.05, 0) is 56.4 Å². The average molecular weight is 394 g/mol. The fourth-order valence-corrected chi connectivity index (χ4v) is 4.22. The smallest absolute Gasteiger partial charge is 0.293 e. The molecule has 2 aliphatic rings. The summed E-state index contributed by atoms with van der Waals surface area (Å²) in [6.07, 6.45) is 5.51. The molecule has 4 rings (SSSR count). The molecule has 0 bridgehead atoms. The molecule has 0 atom stereocenters. The zero-order valence-electron chi connectivity index (χ0n) is 16.5. The molecule has 2 aromatic carbocycles. The maximum Gasteiger partial charge on any atom is 0.293 e. The SMILES string of the molecule is O=C(Nc1ccccc1N1CCCC1)c1ccc(N2CCCCC2)c([N+](=O)[O-])c1. The number of benzene rings is 2. The van der Waals surface area contributed by atoms with Gasteiger partial charge < -0.3 is 15.1 Å². The van der Waals surface area contributed by atoms with Crippen molar-refractivity contribution in [2.45, 2.75) is 32.1 Å². The van der Waals surface area contributed by atoms with Crippen LogP contribution in [0.3, 0.4) is 0 Å². The van der Waals surface area contributed by atoms with Crippen LogP contribution in [0.15, 0.2) is 42.5 Å². The van der Waals surface area contributed by atoms with Gasteiger partial charge in [-0.3, -0.25) is 14.9 Å². The zero-order valence-corrected chi connectivity index (χ0v) is 16.5. The number of amides is 1. The standard InChI is InChI=1S/C22H26N4O3/c27-22(23-18-8-2-3-9-19(18)24-14-6-7-15-24)17-10-11-20(21(16-17)26(28)29)25-12-4-1-5-13-25/h2-3,8-11,16H,1,4-7,12-15H2,(H,23,27). The van der Waals surface area contributed by atoms with Crippen molar-refractivity contribution in [3.63, 3.8) is 0 Å². The summed E-state index contributed by atoms with van der Waals surface area (Å²) in [7, 11) is 0. The van der Waals surface area contributed by atoms with Crippen molar-refractivity contribution < 1.29 is 9.72 Å². The lowest BCUT2D eigenvalue weighted by Crippen LogP contribution is -2.30. The van der Waals surface area contributed by atoms with Crippen molar-refractivity contribution in [2.75, 3.05) is 41.3 Å². The van der Waals surface area contributed by atoms with E-state index in [0.29, 0.717) is 11.3 Å². The van der Waals surface area contributed by atoms with Gasteiger partial charge >= 0.3 is 0 Å². The van der Waals surface area contributed by atoms with Gasteiger partial charge in [-0.1, -0.05) is 12.1 Å². The molecule has 7 heteroatoms. The molecule has 1 amide bonds. The van der Waals surface area contributed by atoms with E-state index < -0.39 is 0 Å². The number of carbonyl (C=O) groups is 1. The largest absolute Gasteiger partial charge is 0.370 e. The molecule has 0 spiro atoms. The van der Waals surface area contributed by atoms with Crippen LogP contribution in [0.25, 0.3) is 0 Å². The van der Waals surface area contributed by atoms with Crippen LogP contribution in [0.2, 0.25) is 0 Å². The number of rotatable bonds is 5. The Bertz CT molecular complexity index is 903. The second-order valence-corrected chi connectivity index (χ2v) is 7.67. The Morgan fingerprint density at radius 3 is 2.17 bits per heavy atom. The Balaban J connectivity index is 1.58. The normalized spacial score (nSPS) is 16.7. The monoisotopic (exact) mass is 394 g/mol. The van der Waals surface area contributed by atoms with Gasteiger partial charge in [0.2, 0.25) is 0 Å². The maximum atomic E-state index is 12.9. The lowest BCUT2D eigenvalue weighted by molar-refractivity contribution is -0.384. The number of carbonyl (C=O) groups excluding carboxylic acids is 1. The molecule has 152 valence electrons. The zero-order chi connectivity index (χ0) is 20.2. The predicted octanol–water partition coefficient (Wildman–Crippen LogP) is 4.44. The minimum absolute atomic E-state index is 0.00706. The summed E-state index contributed by atoms with van der Waals surface area (Å²) in [5.41, 5.74) is 2.63. The Morgan fingerprint density at radius 2 is 1.48 bits per heavy atom. The Hall–Kier alpha value is -3.09. The van der Waals surface area contributed by atoms with Crippen LogP contribution in [-0.4, -0.2) is 37.0 Å². The number of nitrogens with zero attached hydrogens (tertiary/aromatic N) is 3. The third-order valence-electron chi connectivity index (χ3n) is 5.73. The van der Waals surface area contributed by atoms with Crippen molar-refractivity contribution in [3.05, 3.63) is 58.1 Å². The van der Waals surface area contributed by atoms with E-state index in [2.05, 4.69) is 10.2 Å². The molecule has 0 unspecified atom stereocenters. The molecule has 29 heavy (non-hydrogen) atoms. The highest BCUT2D eigenvalue weighted by Gasteiger charge is 2.24. The number of para-hydroxylation sites is 2. The Labute approximate surface area is 170 Å². The second-order valence-electron chi connectivity index (χ2n) is 7.67. The fourth-order valence-electron chi connectivity index (χ4n) is 4.22. The fraction of sp³-hybridized carbons (Fsp3) is 0.409. The number of nitrogens with one attached hydrogen (secondary N) is 1. The number of hydrogen-bond acceptors (Lipinski definition) is 5. The average Bonchev–Trinajstić information content (AvgIpc) is 3.29. The predicted molar refractivity (Wildman–Crippen MR) is 115 cm³/mol. The molecule has 2 fully saturated rings. The van der Waals surface area contributed by atoms with Crippen LogP contribution >= 0.6 is 0 Å². The van der Waals surface area contributed by atoms with E-state index in [1.807, 2.05) is 29.2 Å². The van der Waals surface area contributed by atoms with Gasteiger partial charge in [-0.25, -0.2) is 0 Å². The molecule has 0 saturated carbocycles. The first kappa shape index (κ1) is 19.2. The number of anilines is 3. The van der Waals surface area contributed by atoms with E-state index in [4.69, 9.17) is 0 Å². The van der Waals surface area contributed by atoms with Gasteiger partial charge in [-0.2, -0.15) is 0 Å². The summed E-state index contributed by atoms with van der Waals surface area (Å²) in [6.45, 7) is 3.58. The maximum absolute atomic E-state index is 12.9. The van der Waals surface area contributed by atoms with Crippen LogP contribution in [0.4, 0.5) is 22.7 Å². The summed E-state index contributed by atoms with van der Waals surface area (Å²) >= 11 is 0. The number of hydrogen-bond donors (Lipinski definition) is 1. The van der Waals surface area contributed by atoms with Gasteiger partial charge in [0.15, 0.2) is 0 Å². The molecule has 0 aliphatic carbocycles. The third-order valence-corrected chi connectivity index (χ3v) is 5.73.